The van der Waals surface area contributed by atoms with Crippen LogP contribution < -0.4 is 4.90 Å². The lowest BCUT2D eigenvalue weighted by atomic mass is 10.0. The van der Waals surface area contributed by atoms with Crippen LogP contribution in [0.2, 0.25) is 0 Å². The number of ether oxygens (including phenoxy) is 1. The van der Waals surface area contributed by atoms with E-state index in [1.54, 1.807) is 50.8 Å². The number of imide groups is 1. The van der Waals surface area contributed by atoms with Gasteiger partial charge in [0.25, 0.3) is 5.91 Å². The van der Waals surface area contributed by atoms with Gasteiger partial charge in [-0.15, -0.1) is 0 Å². The fourth-order valence-corrected chi connectivity index (χ4v) is 3.82. The van der Waals surface area contributed by atoms with Crippen molar-refractivity contribution in [3.63, 3.8) is 0 Å². The Kier molecular flexibility index (Phi) is 7.91. The van der Waals surface area contributed by atoms with Crippen molar-refractivity contribution in [2.24, 2.45) is 0 Å². The van der Waals surface area contributed by atoms with Crippen LogP contribution in [0, 0.1) is 0 Å². The molecule has 2 atom stereocenters. The zero-order valence-electron chi connectivity index (χ0n) is 20.3. The second-order valence-electron chi connectivity index (χ2n) is 9.09. The summed E-state index contributed by atoms with van der Waals surface area (Å²) < 4.78 is 5.50. The lowest BCUT2D eigenvalue weighted by molar-refractivity contribution is -0.142. The van der Waals surface area contributed by atoms with Crippen molar-refractivity contribution >= 4 is 29.3 Å². The van der Waals surface area contributed by atoms with Crippen LogP contribution in [0.3, 0.4) is 0 Å². The highest BCUT2D eigenvalue weighted by molar-refractivity contribution is 6.05. The zero-order valence-corrected chi connectivity index (χ0v) is 20.3. The zero-order chi connectivity index (χ0) is 25.6. The molecule has 0 aromatic heterocycles. The van der Waals surface area contributed by atoms with Gasteiger partial charge in [0.2, 0.25) is 0 Å². The first-order valence-electron chi connectivity index (χ1n) is 11.3. The maximum atomic E-state index is 13.6. The summed E-state index contributed by atoms with van der Waals surface area (Å²) in [4.78, 5) is 42.1. The molecule has 7 nitrogen and oxygen atoms in total. The molecular formula is C28H30N2O5. The molecule has 7 heteroatoms. The molecule has 0 fully saturated rings. The summed E-state index contributed by atoms with van der Waals surface area (Å²) in [6.45, 7) is 6.66. The molecular weight excluding hydrogens is 444 g/mol. The topological polar surface area (TPSA) is 87.1 Å². The minimum atomic E-state index is -1.56. The number of hydrogen-bond donors (Lipinski definition) is 1. The average Bonchev–Trinajstić information content (AvgIpc) is 2.82. The van der Waals surface area contributed by atoms with Gasteiger partial charge in [0.05, 0.1) is 6.04 Å². The quantitative estimate of drug-likeness (QED) is 0.470. The van der Waals surface area contributed by atoms with Crippen LogP contribution in [0.1, 0.15) is 38.1 Å². The van der Waals surface area contributed by atoms with Gasteiger partial charge in [0, 0.05) is 16.9 Å². The van der Waals surface area contributed by atoms with Crippen molar-refractivity contribution < 1.29 is 24.2 Å². The fourth-order valence-electron chi connectivity index (χ4n) is 3.82. The van der Waals surface area contributed by atoms with Gasteiger partial charge in [-0.05, 0) is 64.1 Å². The van der Waals surface area contributed by atoms with Gasteiger partial charge in [-0.3, -0.25) is 4.79 Å². The summed E-state index contributed by atoms with van der Waals surface area (Å²) in [6.07, 6.45) is -1.02. The Morgan fingerprint density at radius 3 is 1.60 bits per heavy atom. The summed E-state index contributed by atoms with van der Waals surface area (Å²) in [5.74, 6) is -2.08. The largest absolute Gasteiger partial charge is 0.480 e. The standard InChI is InChI=1S/C28H30N2O5/c1-20(29(22-16-10-6-11-17-22)23-18-12-7-13-19-23)24(26(32)33)30(27(34)35-28(2,3)4)25(31)21-14-8-5-9-15-21/h5-20,24H,1-4H3,(H,32,33). The molecule has 1 N–H and O–H groups in total. The summed E-state index contributed by atoms with van der Waals surface area (Å²) in [7, 11) is 0. The minimum Gasteiger partial charge on any atom is -0.480 e. The van der Waals surface area contributed by atoms with E-state index in [2.05, 4.69) is 0 Å². The van der Waals surface area contributed by atoms with Crippen molar-refractivity contribution in [1.29, 1.82) is 0 Å². The van der Waals surface area contributed by atoms with Crippen molar-refractivity contribution in [2.75, 3.05) is 4.90 Å². The SMILES string of the molecule is CC(C(C(=O)O)N(C(=O)OC(C)(C)C)C(=O)c1ccccc1)N(c1ccccc1)c1ccccc1. The molecule has 0 heterocycles. The van der Waals surface area contributed by atoms with E-state index in [1.165, 1.54) is 12.1 Å². The molecule has 0 bridgehead atoms. The molecule has 3 rings (SSSR count). The summed E-state index contributed by atoms with van der Waals surface area (Å²) >= 11 is 0. The maximum absolute atomic E-state index is 13.6. The minimum absolute atomic E-state index is 0.183. The molecule has 3 aromatic carbocycles. The van der Waals surface area contributed by atoms with Crippen molar-refractivity contribution in [1.82, 2.24) is 4.90 Å². The molecule has 2 unspecified atom stereocenters. The lowest BCUT2D eigenvalue weighted by Crippen LogP contribution is -2.58. The number of benzene rings is 3. The first kappa shape index (κ1) is 25.5. The molecule has 0 saturated carbocycles. The Morgan fingerprint density at radius 1 is 0.771 bits per heavy atom. The summed E-state index contributed by atoms with van der Waals surface area (Å²) in [5.41, 5.74) is 0.683. The van der Waals surface area contributed by atoms with Gasteiger partial charge in [-0.1, -0.05) is 54.6 Å². The molecule has 182 valence electrons. The predicted octanol–water partition coefficient (Wildman–Crippen LogP) is 5.74. The smallest absolute Gasteiger partial charge is 0.418 e. The average molecular weight is 475 g/mol. The number of hydrogen-bond acceptors (Lipinski definition) is 5. The van der Waals surface area contributed by atoms with Crippen LogP contribution in [0.5, 0.6) is 0 Å². The number of aliphatic carboxylic acids is 1. The Bertz CT molecular complexity index is 1100. The molecule has 35 heavy (non-hydrogen) atoms. The molecule has 3 aromatic rings. The third-order valence-electron chi connectivity index (χ3n) is 5.29. The molecule has 0 aliphatic rings. The normalized spacial score (nSPS) is 12.8. The van der Waals surface area contributed by atoms with Crippen LogP contribution in [0.25, 0.3) is 0 Å². The highest BCUT2D eigenvalue weighted by Gasteiger charge is 2.43. The first-order chi connectivity index (χ1) is 16.6. The predicted molar refractivity (Wildman–Crippen MR) is 135 cm³/mol. The van der Waals surface area contributed by atoms with E-state index in [9.17, 15) is 19.5 Å². The monoisotopic (exact) mass is 474 g/mol. The molecule has 0 aliphatic carbocycles. The number of carboxylic acids is 1. The highest BCUT2D eigenvalue weighted by Crippen LogP contribution is 2.31. The second kappa shape index (κ2) is 10.9. The maximum Gasteiger partial charge on any atom is 0.418 e. The molecule has 0 saturated heterocycles. The number of anilines is 2. The van der Waals surface area contributed by atoms with Crippen LogP contribution in [0.15, 0.2) is 91.0 Å². The second-order valence-corrected chi connectivity index (χ2v) is 9.09. The summed E-state index contributed by atoms with van der Waals surface area (Å²) in [6, 6.07) is 24.2. The van der Waals surface area contributed by atoms with Crippen LogP contribution >= 0.6 is 0 Å². The Balaban J connectivity index is 2.14. The number of nitrogens with zero attached hydrogens (tertiary/aromatic N) is 2. The van der Waals surface area contributed by atoms with Gasteiger partial charge in [0.15, 0.2) is 6.04 Å². The number of amides is 2. The van der Waals surface area contributed by atoms with E-state index in [1.807, 2.05) is 60.7 Å². The lowest BCUT2D eigenvalue weighted by Gasteiger charge is -2.39. The molecule has 2 amide bonds. The van der Waals surface area contributed by atoms with E-state index in [-0.39, 0.29) is 5.56 Å². The molecule has 0 radical (unpaired) electrons. The molecule has 0 aliphatic heterocycles. The van der Waals surface area contributed by atoms with Gasteiger partial charge in [-0.25, -0.2) is 14.5 Å². The van der Waals surface area contributed by atoms with E-state index in [0.717, 1.165) is 0 Å². The van der Waals surface area contributed by atoms with Crippen molar-refractivity contribution in [2.45, 2.75) is 45.4 Å². The summed E-state index contributed by atoms with van der Waals surface area (Å²) in [5, 5.41) is 10.4. The first-order valence-corrected chi connectivity index (χ1v) is 11.3. The van der Waals surface area contributed by atoms with E-state index >= 15 is 0 Å². The van der Waals surface area contributed by atoms with E-state index < -0.39 is 35.7 Å². The molecule has 0 spiro atoms. The van der Waals surface area contributed by atoms with Crippen LogP contribution in [-0.4, -0.2) is 45.7 Å². The van der Waals surface area contributed by atoms with Gasteiger partial charge >= 0.3 is 12.1 Å². The van der Waals surface area contributed by atoms with Crippen molar-refractivity contribution in [3.8, 4) is 0 Å². The van der Waals surface area contributed by atoms with Gasteiger partial charge < -0.3 is 14.7 Å². The third-order valence-corrected chi connectivity index (χ3v) is 5.29. The third kappa shape index (κ3) is 6.26. The number of para-hydroxylation sites is 2. The Morgan fingerprint density at radius 2 is 1.20 bits per heavy atom. The van der Waals surface area contributed by atoms with Crippen LogP contribution in [-0.2, 0) is 9.53 Å². The Labute approximate surface area is 205 Å². The Hall–Kier alpha value is -4.13. The number of carbonyl (C=O) groups excluding carboxylic acids is 2. The number of carboxylic acid groups (broad SMARTS) is 1. The fraction of sp³-hybridized carbons (Fsp3) is 0.250. The van der Waals surface area contributed by atoms with Crippen molar-refractivity contribution in [3.05, 3.63) is 96.6 Å². The van der Waals surface area contributed by atoms with E-state index in [4.69, 9.17) is 4.74 Å². The van der Waals surface area contributed by atoms with Crippen LogP contribution in [0.4, 0.5) is 16.2 Å². The number of carbonyl (C=O) groups is 3. The van der Waals surface area contributed by atoms with E-state index in [0.29, 0.717) is 16.3 Å². The van der Waals surface area contributed by atoms with Gasteiger partial charge in [0.1, 0.15) is 5.60 Å². The number of rotatable bonds is 7. The highest BCUT2D eigenvalue weighted by atomic mass is 16.6. The van der Waals surface area contributed by atoms with Gasteiger partial charge in [-0.2, -0.15) is 0 Å².